The zero-order valence-corrected chi connectivity index (χ0v) is 22.6. The van der Waals surface area contributed by atoms with Gasteiger partial charge in [0.2, 0.25) is 0 Å². The summed E-state index contributed by atoms with van der Waals surface area (Å²) >= 11 is 0. The quantitative estimate of drug-likeness (QED) is 0.210. The van der Waals surface area contributed by atoms with Crippen LogP contribution in [0.2, 0.25) is 0 Å². The highest BCUT2D eigenvalue weighted by atomic mass is 16.6. The monoisotopic (exact) mass is 551 g/mol. The van der Waals surface area contributed by atoms with Gasteiger partial charge in [-0.25, -0.2) is 9.97 Å². The molecule has 3 aromatic carbocycles. The van der Waals surface area contributed by atoms with Gasteiger partial charge in [-0.3, -0.25) is 0 Å². The first-order chi connectivity index (χ1) is 20.2. The maximum absolute atomic E-state index is 6.70. The molecule has 5 aromatic rings. The number of aromatic nitrogens is 3. The van der Waals surface area contributed by atoms with E-state index in [-0.39, 0.29) is 11.6 Å². The molecule has 0 saturated carbocycles. The molecule has 1 fully saturated rings. The topological polar surface area (TPSA) is 131 Å². The molecule has 0 amide bonds. The number of fused-ring (bicyclic) bond motifs is 1. The average Bonchev–Trinajstić information content (AvgIpc) is 3.62. The van der Waals surface area contributed by atoms with E-state index in [0.29, 0.717) is 43.0 Å². The van der Waals surface area contributed by atoms with Crippen molar-refractivity contribution in [2.45, 2.75) is 44.2 Å². The zero-order chi connectivity index (χ0) is 28.0. The maximum atomic E-state index is 6.70. The molecule has 9 nitrogen and oxygen atoms in total. The van der Waals surface area contributed by atoms with E-state index < -0.39 is 24.4 Å². The Morgan fingerprint density at radius 2 is 1.27 bits per heavy atom. The number of hydrogen-bond donors (Lipinski definition) is 3. The highest BCUT2D eigenvalue weighted by molar-refractivity contribution is 5.90. The zero-order valence-electron chi connectivity index (χ0n) is 22.6. The van der Waals surface area contributed by atoms with Gasteiger partial charge in [-0.1, -0.05) is 91.0 Å². The fourth-order valence-corrected chi connectivity index (χ4v) is 5.23. The number of nitrogens with zero attached hydrogens (tertiary/aromatic N) is 2. The molecule has 0 spiro atoms. The number of nitrogen functional groups attached to an aromatic ring is 2. The van der Waals surface area contributed by atoms with Crippen LogP contribution in [0.1, 0.15) is 28.4 Å². The predicted octanol–water partition coefficient (Wildman–Crippen LogP) is 4.95. The Morgan fingerprint density at radius 1 is 0.707 bits per heavy atom. The molecule has 1 aliphatic heterocycles. The third kappa shape index (κ3) is 6.08. The largest absolute Gasteiger partial charge is 0.383 e. The fraction of sp³-hybridized carbons (Fsp3) is 0.250. The Kier molecular flexibility index (Phi) is 8.20. The van der Waals surface area contributed by atoms with Crippen molar-refractivity contribution in [2.24, 2.45) is 0 Å². The molecule has 0 radical (unpaired) electrons. The average molecular weight is 552 g/mol. The number of anilines is 2. The SMILES string of the molecule is Nc1nc(N)c2nc[nH]c2c1[C@@H]1O[C@H](COCc2ccccc2)[C@@H](OCc2ccccc2)[C@@H]1OCc1ccccc1. The number of rotatable bonds is 11. The lowest BCUT2D eigenvalue weighted by atomic mass is 10.00. The normalized spacial score (nSPS) is 20.5. The van der Waals surface area contributed by atoms with Crippen LogP contribution >= 0.6 is 0 Å². The first kappa shape index (κ1) is 26.9. The van der Waals surface area contributed by atoms with Crippen molar-refractivity contribution in [3.8, 4) is 0 Å². The second-order valence-corrected chi connectivity index (χ2v) is 10.0. The van der Waals surface area contributed by atoms with Crippen LogP contribution in [0.15, 0.2) is 97.3 Å². The van der Waals surface area contributed by atoms with Gasteiger partial charge >= 0.3 is 0 Å². The van der Waals surface area contributed by atoms with E-state index in [1.165, 1.54) is 0 Å². The molecular formula is C32H33N5O4. The maximum Gasteiger partial charge on any atom is 0.154 e. The van der Waals surface area contributed by atoms with Gasteiger partial charge in [0, 0.05) is 0 Å². The number of hydrogen-bond acceptors (Lipinski definition) is 8. The van der Waals surface area contributed by atoms with Crippen LogP contribution in [0.5, 0.6) is 0 Å². The minimum absolute atomic E-state index is 0.252. The van der Waals surface area contributed by atoms with Crippen LogP contribution < -0.4 is 11.5 Å². The van der Waals surface area contributed by atoms with E-state index in [9.17, 15) is 0 Å². The summed E-state index contributed by atoms with van der Waals surface area (Å²) in [6.07, 6.45) is -0.466. The fourth-order valence-electron chi connectivity index (χ4n) is 5.23. The molecule has 9 heteroatoms. The second-order valence-electron chi connectivity index (χ2n) is 10.0. The van der Waals surface area contributed by atoms with Crippen LogP contribution in [0.3, 0.4) is 0 Å². The number of aromatic amines is 1. The summed E-state index contributed by atoms with van der Waals surface area (Å²) in [7, 11) is 0. The Labute approximate surface area is 238 Å². The third-order valence-corrected chi connectivity index (χ3v) is 7.23. The van der Waals surface area contributed by atoms with Crippen molar-refractivity contribution in [1.82, 2.24) is 15.0 Å². The number of nitrogens with two attached hydrogens (primary N) is 2. The van der Waals surface area contributed by atoms with Crippen LogP contribution in [-0.2, 0) is 38.8 Å². The summed E-state index contributed by atoms with van der Waals surface area (Å²) in [4.78, 5) is 11.9. The van der Waals surface area contributed by atoms with E-state index >= 15 is 0 Å². The summed E-state index contributed by atoms with van der Waals surface area (Å²) < 4.78 is 26.0. The summed E-state index contributed by atoms with van der Waals surface area (Å²) in [6, 6.07) is 30.1. The number of nitrogens with one attached hydrogen (secondary N) is 1. The number of H-pyrrole nitrogens is 1. The van der Waals surface area contributed by atoms with Crippen LogP contribution in [0, 0.1) is 0 Å². The molecule has 41 heavy (non-hydrogen) atoms. The van der Waals surface area contributed by atoms with Gasteiger partial charge in [0.15, 0.2) is 5.82 Å². The van der Waals surface area contributed by atoms with E-state index in [1.54, 1.807) is 6.33 Å². The molecular weight excluding hydrogens is 518 g/mol. The summed E-state index contributed by atoms with van der Waals surface area (Å²) in [5.41, 5.74) is 17.6. The summed E-state index contributed by atoms with van der Waals surface area (Å²) in [5, 5.41) is 0. The smallest absolute Gasteiger partial charge is 0.154 e. The van der Waals surface area contributed by atoms with Gasteiger partial charge < -0.3 is 35.4 Å². The number of benzene rings is 3. The van der Waals surface area contributed by atoms with Gasteiger partial charge in [0.25, 0.3) is 0 Å². The molecule has 6 rings (SSSR count). The van der Waals surface area contributed by atoms with E-state index in [1.807, 2.05) is 91.0 Å². The van der Waals surface area contributed by atoms with E-state index in [0.717, 1.165) is 16.7 Å². The van der Waals surface area contributed by atoms with Crippen molar-refractivity contribution < 1.29 is 18.9 Å². The molecule has 210 valence electrons. The Bertz CT molecular complexity index is 1550. The van der Waals surface area contributed by atoms with Crippen LogP contribution in [-0.4, -0.2) is 39.9 Å². The Morgan fingerprint density at radius 3 is 1.88 bits per heavy atom. The molecule has 5 N–H and O–H groups in total. The van der Waals surface area contributed by atoms with Crippen molar-refractivity contribution in [3.63, 3.8) is 0 Å². The predicted molar refractivity (Wildman–Crippen MR) is 156 cm³/mol. The molecule has 0 unspecified atom stereocenters. The standard InChI is InChI=1S/C32H33N5O4/c33-31-25(26-27(32(34)37-31)36-20-35-26)29-30(40-18-23-14-8-3-9-15-23)28(39-17-22-12-6-2-7-13-22)24(41-29)19-38-16-21-10-4-1-5-11-21/h1-15,20,24,28-30H,16-19H2,(H,35,36)(H4,33,34,37)/t24-,28-,29+,30+/m1/s1. The first-order valence-electron chi connectivity index (χ1n) is 13.6. The molecule has 1 saturated heterocycles. The lowest BCUT2D eigenvalue weighted by molar-refractivity contribution is -0.0898. The van der Waals surface area contributed by atoms with Crippen molar-refractivity contribution in [2.75, 3.05) is 18.1 Å². The Hall–Kier alpha value is -4.28. The highest BCUT2D eigenvalue weighted by Gasteiger charge is 2.48. The molecule has 4 atom stereocenters. The third-order valence-electron chi connectivity index (χ3n) is 7.23. The van der Waals surface area contributed by atoms with Gasteiger partial charge in [-0.2, -0.15) is 0 Å². The van der Waals surface area contributed by atoms with Crippen molar-refractivity contribution in [1.29, 1.82) is 0 Å². The lowest BCUT2D eigenvalue weighted by Crippen LogP contribution is -2.38. The van der Waals surface area contributed by atoms with E-state index in [2.05, 4.69) is 15.0 Å². The Balaban J connectivity index is 1.33. The number of imidazole rings is 1. The first-order valence-corrected chi connectivity index (χ1v) is 13.6. The van der Waals surface area contributed by atoms with Crippen molar-refractivity contribution in [3.05, 3.63) is 120 Å². The van der Waals surface area contributed by atoms with Gasteiger partial charge in [-0.15, -0.1) is 0 Å². The van der Waals surface area contributed by atoms with E-state index in [4.69, 9.17) is 30.4 Å². The van der Waals surface area contributed by atoms with Crippen molar-refractivity contribution >= 4 is 22.7 Å². The number of pyridine rings is 1. The summed E-state index contributed by atoms with van der Waals surface area (Å²) in [6.45, 7) is 1.49. The van der Waals surface area contributed by atoms with Crippen LogP contribution in [0.4, 0.5) is 11.6 Å². The number of ether oxygens (including phenoxy) is 4. The van der Waals surface area contributed by atoms with Crippen LogP contribution in [0.25, 0.3) is 11.0 Å². The lowest BCUT2D eigenvalue weighted by Gasteiger charge is -2.26. The van der Waals surface area contributed by atoms with Gasteiger partial charge in [0.1, 0.15) is 35.8 Å². The minimum Gasteiger partial charge on any atom is -0.383 e. The highest BCUT2D eigenvalue weighted by Crippen LogP contribution is 2.43. The van der Waals surface area contributed by atoms with Gasteiger partial charge in [0.05, 0.1) is 43.8 Å². The molecule has 1 aliphatic rings. The second kappa shape index (κ2) is 12.5. The van der Waals surface area contributed by atoms with Gasteiger partial charge in [-0.05, 0) is 16.7 Å². The molecule has 0 aliphatic carbocycles. The summed E-state index contributed by atoms with van der Waals surface area (Å²) in [5.74, 6) is 0.507. The molecule has 0 bridgehead atoms. The molecule has 2 aromatic heterocycles. The minimum atomic E-state index is -0.610. The molecule has 3 heterocycles.